The molecule has 1 aromatic heterocycles. The molecule has 0 fully saturated rings. The number of ether oxygens (including phenoxy) is 2. The maximum absolute atomic E-state index is 13.5. The summed E-state index contributed by atoms with van der Waals surface area (Å²) in [6.45, 7) is 5.56. The monoisotopic (exact) mass is 421 g/mol. The third-order valence-corrected chi connectivity index (χ3v) is 5.52. The highest BCUT2D eigenvalue weighted by Crippen LogP contribution is 2.39. The van der Waals surface area contributed by atoms with Crippen LogP contribution in [0.3, 0.4) is 0 Å². The normalized spacial score (nSPS) is 15.5. The lowest BCUT2D eigenvalue weighted by Gasteiger charge is -2.25. The number of nitrogens with zero attached hydrogens (tertiary/aromatic N) is 1. The number of carbonyl (C=O) groups is 1. The fraction of sp³-hybridized carbons (Fsp3) is 0.360. The minimum Gasteiger partial charge on any atom is -0.494 e. The molecule has 0 bridgehead atoms. The second-order valence-electron chi connectivity index (χ2n) is 7.84. The van der Waals surface area contributed by atoms with E-state index >= 15 is 0 Å². The van der Waals surface area contributed by atoms with Gasteiger partial charge < -0.3 is 18.8 Å². The van der Waals surface area contributed by atoms with Crippen molar-refractivity contribution in [1.82, 2.24) is 4.90 Å². The summed E-state index contributed by atoms with van der Waals surface area (Å²) in [6, 6.07) is 12.5. The summed E-state index contributed by atoms with van der Waals surface area (Å²) >= 11 is 0. The van der Waals surface area contributed by atoms with E-state index in [0.717, 1.165) is 23.3 Å². The summed E-state index contributed by atoms with van der Waals surface area (Å²) in [4.78, 5) is 28.6. The van der Waals surface area contributed by atoms with Crippen LogP contribution in [0.15, 0.2) is 51.7 Å². The number of hydrogen-bond acceptors (Lipinski definition) is 5. The van der Waals surface area contributed by atoms with Gasteiger partial charge in [-0.05, 0) is 49.6 Å². The van der Waals surface area contributed by atoms with Crippen LogP contribution < -0.4 is 10.2 Å². The number of amides is 1. The summed E-state index contributed by atoms with van der Waals surface area (Å²) in [6.07, 6.45) is 1.55. The quantitative estimate of drug-likeness (QED) is 0.502. The molecule has 1 atom stereocenters. The van der Waals surface area contributed by atoms with Gasteiger partial charge in [0.15, 0.2) is 5.43 Å². The summed E-state index contributed by atoms with van der Waals surface area (Å²) in [7, 11) is 1.63. The molecule has 1 aliphatic heterocycles. The number of benzene rings is 2. The molecule has 2 heterocycles. The van der Waals surface area contributed by atoms with Gasteiger partial charge in [0.2, 0.25) is 5.76 Å². The number of aryl methyl sites for hydroxylation is 1. The molecule has 3 aromatic rings. The zero-order valence-corrected chi connectivity index (χ0v) is 18.1. The molecule has 0 unspecified atom stereocenters. The van der Waals surface area contributed by atoms with Gasteiger partial charge in [0.25, 0.3) is 5.91 Å². The van der Waals surface area contributed by atoms with Gasteiger partial charge in [0.05, 0.1) is 23.6 Å². The summed E-state index contributed by atoms with van der Waals surface area (Å²) in [5.41, 5.74) is 2.46. The molecule has 1 amide bonds. The standard InChI is InChI=1S/C25H27NO5/c1-4-12-30-18-8-5-7-17(15-18)22-21-23(27)19-14-16(2)9-10-20(19)31-24(21)25(28)26(22)11-6-13-29-3/h5,7-10,14-15,22H,4,6,11-13H2,1-3H3/t22-/m1/s1. The van der Waals surface area contributed by atoms with Crippen LogP contribution in [0.1, 0.15) is 53.1 Å². The first-order valence-corrected chi connectivity index (χ1v) is 10.6. The molecule has 2 aromatic carbocycles. The SMILES string of the molecule is CCCOc1cccc([C@@H]2c3c(oc4ccc(C)cc4c3=O)C(=O)N2CCCOC)c1. The van der Waals surface area contributed by atoms with Crippen molar-refractivity contribution in [3.05, 3.63) is 75.1 Å². The van der Waals surface area contributed by atoms with Gasteiger partial charge in [-0.15, -0.1) is 0 Å². The largest absolute Gasteiger partial charge is 0.494 e. The summed E-state index contributed by atoms with van der Waals surface area (Å²) < 4.78 is 17.0. The van der Waals surface area contributed by atoms with Gasteiger partial charge in [0.1, 0.15) is 11.3 Å². The van der Waals surface area contributed by atoms with E-state index in [1.165, 1.54) is 0 Å². The number of carbonyl (C=O) groups excluding carboxylic acids is 1. The molecule has 162 valence electrons. The molecule has 1 aliphatic rings. The second-order valence-corrected chi connectivity index (χ2v) is 7.84. The zero-order chi connectivity index (χ0) is 22.0. The van der Waals surface area contributed by atoms with Gasteiger partial charge in [-0.2, -0.15) is 0 Å². The van der Waals surface area contributed by atoms with E-state index in [1.54, 1.807) is 18.1 Å². The average molecular weight is 421 g/mol. The van der Waals surface area contributed by atoms with Crippen LogP contribution in [0, 0.1) is 6.92 Å². The lowest BCUT2D eigenvalue weighted by molar-refractivity contribution is 0.0707. The molecular weight excluding hydrogens is 394 g/mol. The lowest BCUT2D eigenvalue weighted by atomic mass is 9.98. The van der Waals surface area contributed by atoms with E-state index in [-0.39, 0.29) is 17.1 Å². The first kappa shape index (κ1) is 21.1. The highest BCUT2D eigenvalue weighted by molar-refractivity contribution is 5.99. The second kappa shape index (κ2) is 8.94. The number of methoxy groups -OCH3 is 1. The van der Waals surface area contributed by atoms with Gasteiger partial charge in [-0.1, -0.05) is 30.7 Å². The Kier molecular flexibility index (Phi) is 6.09. The fourth-order valence-electron chi connectivity index (χ4n) is 4.08. The van der Waals surface area contributed by atoms with Gasteiger partial charge in [-0.3, -0.25) is 9.59 Å². The Morgan fingerprint density at radius 2 is 1.94 bits per heavy atom. The number of fused-ring (bicyclic) bond motifs is 2. The van der Waals surface area contributed by atoms with E-state index in [0.29, 0.717) is 42.7 Å². The van der Waals surface area contributed by atoms with E-state index in [9.17, 15) is 9.59 Å². The van der Waals surface area contributed by atoms with Crippen molar-refractivity contribution in [2.45, 2.75) is 32.7 Å². The Bertz CT molecular complexity index is 1170. The molecular formula is C25H27NO5. The first-order chi connectivity index (χ1) is 15.0. The highest BCUT2D eigenvalue weighted by Gasteiger charge is 2.42. The molecule has 0 aliphatic carbocycles. The van der Waals surface area contributed by atoms with Crippen LogP contribution in [0.2, 0.25) is 0 Å². The van der Waals surface area contributed by atoms with Crippen LogP contribution in [0.4, 0.5) is 0 Å². The van der Waals surface area contributed by atoms with Crippen LogP contribution in [-0.2, 0) is 4.74 Å². The van der Waals surface area contributed by atoms with Crippen molar-refractivity contribution >= 4 is 16.9 Å². The van der Waals surface area contributed by atoms with Crippen LogP contribution in [0.25, 0.3) is 11.0 Å². The third-order valence-electron chi connectivity index (χ3n) is 5.52. The maximum Gasteiger partial charge on any atom is 0.290 e. The van der Waals surface area contributed by atoms with Crippen LogP contribution >= 0.6 is 0 Å². The minimum absolute atomic E-state index is 0.128. The Balaban J connectivity index is 1.87. The Labute approximate surface area is 181 Å². The average Bonchev–Trinajstić information content (AvgIpc) is 3.05. The molecule has 4 rings (SSSR count). The molecule has 6 nitrogen and oxygen atoms in total. The zero-order valence-electron chi connectivity index (χ0n) is 18.1. The van der Waals surface area contributed by atoms with Crippen molar-refractivity contribution in [3.8, 4) is 5.75 Å². The molecule has 0 N–H and O–H groups in total. The fourth-order valence-corrected chi connectivity index (χ4v) is 4.08. The number of hydrogen-bond donors (Lipinski definition) is 0. The predicted molar refractivity (Wildman–Crippen MR) is 119 cm³/mol. The number of rotatable bonds is 8. The molecule has 0 spiro atoms. The Morgan fingerprint density at radius 3 is 2.71 bits per heavy atom. The summed E-state index contributed by atoms with van der Waals surface area (Å²) in [5, 5.41) is 0.494. The predicted octanol–water partition coefficient (Wildman–Crippen LogP) is 4.47. The van der Waals surface area contributed by atoms with Gasteiger partial charge >= 0.3 is 0 Å². The molecule has 0 radical (unpaired) electrons. The maximum atomic E-state index is 13.5. The topological polar surface area (TPSA) is 69.0 Å². The first-order valence-electron chi connectivity index (χ1n) is 10.6. The molecule has 0 saturated carbocycles. The van der Waals surface area contributed by atoms with Crippen molar-refractivity contribution < 1.29 is 18.7 Å². The molecule has 6 heteroatoms. The van der Waals surface area contributed by atoms with Crippen molar-refractivity contribution in [2.24, 2.45) is 0 Å². The lowest BCUT2D eigenvalue weighted by Crippen LogP contribution is -2.31. The van der Waals surface area contributed by atoms with Crippen LogP contribution in [0.5, 0.6) is 5.75 Å². The van der Waals surface area contributed by atoms with Gasteiger partial charge in [0, 0.05) is 20.3 Å². The molecule has 31 heavy (non-hydrogen) atoms. The Hall–Kier alpha value is -3.12. The summed E-state index contributed by atoms with van der Waals surface area (Å²) in [5.74, 6) is 0.581. The molecule has 0 saturated heterocycles. The van der Waals surface area contributed by atoms with E-state index < -0.39 is 6.04 Å². The van der Waals surface area contributed by atoms with E-state index in [2.05, 4.69) is 0 Å². The van der Waals surface area contributed by atoms with Gasteiger partial charge in [-0.25, -0.2) is 0 Å². The van der Waals surface area contributed by atoms with E-state index in [1.807, 2.05) is 50.2 Å². The van der Waals surface area contributed by atoms with Crippen molar-refractivity contribution in [3.63, 3.8) is 0 Å². The van der Waals surface area contributed by atoms with E-state index in [4.69, 9.17) is 13.9 Å². The smallest absolute Gasteiger partial charge is 0.290 e. The van der Waals surface area contributed by atoms with Crippen molar-refractivity contribution in [2.75, 3.05) is 26.9 Å². The van der Waals surface area contributed by atoms with Crippen LogP contribution in [-0.4, -0.2) is 37.7 Å². The minimum atomic E-state index is -0.523. The highest BCUT2D eigenvalue weighted by atomic mass is 16.5. The Morgan fingerprint density at radius 1 is 1.10 bits per heavy atom. The van der Waals surface area contributed by atoms with Crippen molar-refractivity contribution in [1.29, 1.82) is 0 Å². The third kappa shape index (κ3) is 3.95.